The number of carbonyl (C=O) groups excluding carboxylic acids is 2. The summed E-state index contributed by atoms with van der Waals surface area (Å²) in [4.78, 5) is 26.0. The molecular weight excluding hydrogens is 249 g/mol. The molecule has 19 heavy (non-hydrogen) atoms. The average Bonchev–Trinajstić information content (AvgIpc) is 2.41. The Bertz CT molecular complexity index is 580. The molecule has 2 rings (SSSR count). The maximum atomic E-state index is 13.2. The van der Waals surface area contributed by atoms with Crippen LogP contribution in [0, 0.1) is 17.1 Å². The summed E-state index contributed by atoms with van der Waals surface area (Å²) in [6.07, 6.45) is 0. The molecule has 0 atom stereocenters. The molecule has 1 aliphatic rings. The normalized spacial score (nSPS) is 15.6. The second-order valence-corrected chi connectivity index (χ2v) is 4.38. The van der Waals surface area contributed by atoms with Crippen LogP contribution in [0.5, 0.6) is 0 Å². The number of carbonyl (C=O) groups is 2. The summed E-state index contributed by atoms with van der Waals surface area (Å²) in [5.41, 5.74) is 0.564. The van der Waals surface area contributed by atoms with Crippen molar-refractivity contribution < 1.29 is 14.0 Å². The molecule has 1 aliphatic heterocycles. The molecule has 0 spiro atoms. The smallest absolute Gasteiger partial charge is 0.312 e. The Balaban J connectivity index is 2.16. The van der Waals surface area contributed by atoms with Gasteiger partial charge in [0, 0.05) is 26.7 Å². The topological polar surface area (TPSA) is 64.4 Å². The highest BCUT2D eigenvalue weighted by molar-refractivity contribution is 6.35. The van der Waals surface area contributed by atoms with E-state index in [4.69, 9.17) is 5.26 Å². The fourth-order valence-corrected chi connectivity index (χ4v) is 1.90. The van der Waals surface area contributed by atoms with E-state index < -0.39 is 17.6 Å². The van der Waals surface area contributed by atoms with E-state index in [9.17, 15) is 14.0 Å². The minimum absolute atomic E-state index is 0.0644. The van der Waals surface area contributed by atoms with Crippen LogP contribution in [0.15, 0.2) is 18.2 Å². The Morgan fingerprint density at radius 2 is 2.05 bits per heavy atom. The van der Waals surface area contributed by atoms with E-state index in [-0.39, 0.29) is 12.1 Å². The first kappa shape index (κ1) is 13.0. The van der Waals surface area contributed by atoms with Crippen molar-refractivity contribution in [3.05, 3.63) is 35.1 Å². The molecule has 0 bridgehead atoms. The summed E-state index contributed by atoms with van der Waals surface area (Å²) in [6.45, 7) is 1.10. The molecule has 6 heteroatoms. The van der Waals surface area contributed by atoms with Gasteiger partial charge in [-0.15, -0.1) is 0 Å². The summed E-state index contributed by atoms with van der Waals surface area (Å²) < 4.78 is 13.2. The molecule has 0 aliphatic carbocycles. The van der Waals surface area contributed by atoms with E-state index in [1.807, 2.05) is 0 Å². The second-order valence-electron chi connectivity index (χ2n) is 4.38. The molecule has 1 heterocycles. The number of hydrogen-bond donors (Lipinski definition) is 0. The van der Waals surface area contributed by atoms with Gasteiger partial charge in [-0.05, 0) is 17.7 Å². The zero-order valence-corrected chi connectivity index (χ0v) is 10.4. The van der Waals surface area contributed by atoms with E-state index in [0.717, 1.165) is 0 Å². The lowest BCUT2D eigenvalue weighted by Crippen LogP contribution is -2.52. The van der Waals surface area contributed by atoms with Crippen LogP contribution in [0.25, 0.3) is 0 Å². The third kappa shape index (κ3) is 2.55. The lowest BCUT2D eigenvalue weighted by atomic mass is 10.1. The van der Waals surface area contributed by atoms with Crippen molar-refractivity contribution in [1.82, 2.24) is 9.80 Å². The first-order chi connectivity index (χ1) is 9.02. The average molecular weight is 261 g/mol. The van der Waals surface area contributed by atoms with Crippen LogP contribution in [0.1, 0.15) is 11.1 Å². The van der Waals surface area contributed by atoms with Crippen molar-refractivity contribution in [2.24, 2.45) is 0 Å². The summed E-state index contributed by atoms with van der Waals surface area (Å²) in [7, 11) is 1.57. The van der Waals surface area contributed by atoms with Crippen molar-refractivity contribution in [2.45, 2.75) is 6.54 Å². The number of nitrogens with zero attached hydrogens (tertiary/aromatic N) is 3. The molecule has 0 aromatic heterocycles. The summed E-state index contributed by atoms with van der Waals surface area (Å²) in [5.74, 6) is -1.71. The predicted molar refractivity (Wildman–Crippen MR) is 64.2 cm³/mol. The molecule has 0 unspecified atom stereocenters. The number of likely N-dealkylation sites (N-methyl/N-ethyl adjacent to an activating group) is 1. The molecule has 2 amide bonds. The van der Waals surface area contributed by atoms with Gasteiger partial charge in [-0.1, -0.05) is 6.07 Å². The van der Waals surface area contributed by atoms with Crippen LogP contribution < -0.4 is 0 Å². The molecule has 0 N–H and O–H groups in total. The summed E-state index contributed by atoms with van der Waals surface area (Å²) in [6, 6.07) is 5.84. The maximum absolute atomic E-state index is 13.2. The van der Waals surface area contributed by atoms with Gasteiger partial charge in [-0.25, -0.2) is 4.39 Å². The number of nitriles is 1. The number of amides is 2. The van der Waals surface area contributed by atoms with E-state index in [1.54, 1.807) is 13.1 Å². The van der Waals surface area contributed by atoms with E-state index >= 15 is 0 Å². The van der Waals surface area contributed by atoms with E-state index in [2.05, 4.69) is 0 Å². The number of piperazine rings is 1. The van der Waals surface area contributed by atoms with Crippen LogP contribution in [0.2, 0.25) is 0 Å². The molecule has 0 radical (unpaired) electrons. The lowest BCUT2D eigenvalue weighted by molar-refractivity contribution is -0.155. The van der Waals surface area contributed by atoms with Gasteiger partial charge in [-0.3, -0.25) is 9.59 Å². The molecule has 98 valence electrons. The first-order valence-electron chi connectivity index (χ1n) is 5.76. The summed E-state index contributed by atoms with van der Waals surface area (Å²) in [5, 5.41) is 8.75. The first-order valence-corrected chi connectivity index (χ1v) is 5.76. The van der Waals surface area contributed by atoms with Crippen molar-refractivity contribution in [2.75, 3.05) is 20.1 Å². The predicted octanol–water partition coefficient (Wildman–Crippen LogP) is 0.498. The Hall–Kier alpha value is -2.42. The third-order valence-electron chi connectivity index (χ3n) is 3.05. The highest BCUT2D eigenvalue weighted by Crippen LogP contribution is 2.13. The molecule has 1 aromatic carbocycles. The van der Waals surface area contributed by atoms with Crippen LogP contribution in [-0.2, 0) is 16.1 Å². The Labute approximate surface area is 109 Å². The van der Waals surface area contributed by atoms with E-state index in [0.29, 0.717) is 18.7 Å². The van der Waals surface area contributed by atoms with Crippen molar-refractivity contribution in [3.8, 4) is 6.07 Å². The van der Waals surface area contributed by atoms with Gasteiger partial charge < -0.3 is 9.80 Å². The van der Waals surface area contributed by atoms with E-state index in [1.165, 1.54) is 28.0 Å². The maximum Gasteiger partial charge on any atom is 0.312 e. The largest absolute Gasteiger partial charge is 0.336 e. The van der Waals surface area contributed by atoms with Gasteiger partial charge >= 0.3 is 11.8 Å². The van der Waals surface area contributed by atoms with Crippen molar-refractivity contribution in [1.29, 1.82) is 5.26 Å². The Kier molecular flexibility index (Phi) is 3.47. The number of rotatable bonds is 2. The number of benzene rings is 1. The van der Waals surface area contributed by atoms with Gasteiger partial charge in [0.15, 0.2) is 0 Å². The quantitative estimate of drug-likeness (QED) is 0.728. The molecule has 0 saturated carbocycles. The second kappa shape index (κ2) is 5.06. The van der Waals surface area contributed by atoms with Crippen LogP contribution in [0.4, 0.5) is 4.39 Å². The number of halogens is 1. The van der Waals surface area contributed by atoms with Gasteiger partial charge in [0.2, 0.25) is 0 Å². The molecule has 1 fully saturated rings. The molecule has 5 nitrogen and oxygen atoms in total. The van der Waals surface area contributed by atoms with Gasteiger partial charge in [0.05, 0.1) is 5.56 Å². The highest BCUT2D eigenvalue weighted by Gasteiger charge is 2.30. The third-order valence-corrected chi connectivity index (χ3v) is 3.05. The Morgan fingerprint density at radius 3 is 2.74 bits per heavy atom. The van der Waals surface area contributed by atoms with Crippen molar-refractivity contribution >= 4 is 11.8 Å². The van der Waals surface area contributed by atoms with Gasteiger partial charge in [-0.2, -0.15) is 5.26 Å². The van der Waals surface area contributed by atoms with Crippen LogP contribution in [0.3, 0.4) is 0 Å². The monoisotopic (exact) mass is 261 g/mol. The number of hydrogen-bond acceptors (Lipinski definition) is 3. The van der Waals surface area contributed by atoms with Crippen LogP contribution in [-0.4, -0.2) is 41.8 Å². The van der Waals surface area contributed by atoms with Gasteiger partial charge in [0.25, 0.3) is 0 Å². The SMILES string of the molecule is CN1CCN(Cc2ccc(F)c(C#N)c2)C(=O)C1=O. The lowest BCUT2D eigenvalue weighted by Gasteiger charge is -2.31. The van der Waals surface area contributed by atoms with Crippen LogP contribution >= 0.6 is 0 Å². The zero-order valence-electron chi connectivity index (χ0n) is 10.4. The molecule has 1 aromatic rings. The fraction of sp³-hybridized carbons (Fsp3) is 0.308. The standard InChI is InChI=1S/C13H12FN3O2/c1-16-4-5-17(13(19)12(16)18)8-9-2-3-11(14)10(6-9)7-15/h2-3,6H,4-5,8H2,1H3. The molecule has 1 saturated heterocycles. The zero-order chi connectivity index (χ0) is 14.0. The fourth-order valence-electron chi connectivity index (χ4n) is 1.90. The van der Waals surface area contributed by atoms with Crippen molar-refractivity contribution in [3.63, 3.8) is 0 Å². The molecular formula is C13H12FN3O2. The minimum Gasteiger partial charge on any atom is -0.336 e. The highest BCUT2D eigenvalue weighted by atomic mass is 19.1. The minimum atomic E-state index is -0.591. The summed E-state index contributed by atoms with van der Waals surface area (Å²) >= 11 is 0. The Morgan fingerprint density at radius 1 is 1.32 bits per heavy atom. The van der Waals surface area contributed by atoms with Gasteiger partial charge in [0.1, 0.15) is 11.9 Å².